The summed E-state index contributed by atoms with van der Waals surface area (Å²) in [5.74, 6) is -0.889. The molecule has 2 saturated heterocycles. The predicted molar refractivity (Wildman–Crippen MR) is 74.6 cm³/mol. The van der Waals surface area contributed by atoms with Gasteiger partial charge in [0.15, 0.2) is 0 Å². The van der Waals surface area contributed by atoms with E-state index in [4.69, 9.17) is 0 Å². The highest BCUT2D eigenvalue weighted by Crippen LogP contribution is 2.26. The molecule has 2 aliphatic rings. The summed E-state index contributed by atoms with van der Waals surface area (Å²) >= 11 is 0. The predicted octanol–water partition coefficient (Wildman–Crippen LogP) is 0.787. The molecule has 2 fully saturated rings. The number of piperazine rings is 1. The van der Waals surface area contributed by atoms with Crippen LogP contribution in [0.5, 0.6) is 0 Å². The van der Waals surface area contributed by atoms with Crippen LogP contribution in [0.1, 0.15) is 35.8 Å². The SMILES string of the molecule is CC1CN2CCCC2CN1Cc1c(C(=O)O)cnn1C. The van der Waals surface area contributed by atoms with E-state index in [1.807, 2.05) is 7.05 Å². The molecule has 0 bridgehead atoms. The number of fused-ring (bicyclic) bond motifs is 1. The molecule has 2 atom stereocenters. The quantitative estimate of drug-likeness (QED) is 0.885. The summed E-state index contributed by atoms with van der Waals surface area (Å²) in [6.45, 7) is 6.24. The highest BCUT2D eigenvalue weighted by Gasteiger charge is 2.35. The van der Waals surface area contributed by atoms with Crippen LogP contribution in [0.3, 0.4) is 0 Å². The molecular formula is C14H22N4O2. The van der Waals surface area contributed by atoms with Gasteiger partial charge in [0, 0.05) is 38.8 Å². The third kappa shape index (κ3) is 2.33. The molecule has 6 nitrogen and oxygen atoms in total. The first-order valence-corrected chi connectivity index (χ1v) is 7.28. The number of hydrogen-bond acceptors (Lipinski definition) is 4. The Kier molecular flexibility index (Phi) is 3.52. The lowest BCUT2D eigenvalue weighted by Gasteiger charge is -2.42. The second-order valence-electron chi connectivity index (χ2n) is 6.00. The third-order valence-electron chi connectivity index (χ3n) is 4.71. The molecule has 0 aromatic carbocycles. The number of carboxylic acid groups (broad SMARTS) is 1. The highest BCUT2D eigenvalue weighted by atomic mass is 16.4. The fraction of sp³-hybridized carbons (Fsp3) is 0.714. The molecule has 1 aromatic heterocycles. The summed E-state index contributed by atoms with van der Waals surface area (Å²) in [5.41, 5.74) is 1.13. The van der Waals surface area contributed by atoms with Gasteiger partial charge in [0.2, 0.25) is 0 Å². The third-order valence-corrected chi connectivity index (χ3v) is 4.71. The van der Waals surface area contributed by atoms with Crippen LogP contribution in [0, 0.1) is 0 Å². The Labute approximate surface area is 119 Å². The lowest BCUT2D eigenvalue weighted by molar-refractivity contribution is 0.0514. The van der Waals surface area contributed by atoms with Crippen LogP contribution >= 0.6 is 0 Å². The van der Waals surface area contributed by atoms with Gasteiger partial charge in [-0.3, -0.25) is 14.5 Å². The van der Waals surface area contributed by atoms with Gasteiger partial charge in [-0.2, -0.15) is 5.10 Å². The average molecular weight is 278 g/mol. The molecule has 0 saturated carbocycles. The number of hydrogen-bond donors (Lipinski definition) is 1. The van der Waals surface area contributed by atoms with Gasteiger partial charge in [-0.1, -0.05) is 0 Å². The van der Waals surface area contributed by atoms with E-state index in [0.29, 0.717) is 24.2 Å². The molecular weight excluding hydrogens is 256 g/mol. The van der Waals surface area contributed by atoms with Gasteiger partial charge < -0.3 is 5.11 Å². The summed E-state index contributed by atoms with van der Waals surface area (Å²) in [6.07, 6.45) is 4.01. The van der Waals surface area contributed by atoms with Crippen molar-refractivity contribution in [1.82, 2.24) is 19.6 Å². The van der Waals surface area contributed by atoms with Crippen molar-refractivity contribution < 1.29 is 9.90 Å². The summed E-state index contributed by atoms with van der Waals surface area (Å²) in [5, 5.41) is 13.3. The van der Waals surface area contributed by atoms with Crippen molar-refractivity contribution >= 4 is 5.97 Å². The highest BCUT2D eigenvalue weighted by molar-refractivity contribution is 5.88. The van der Waals surface area contributed by atoms with Gasteiger partial charge in [-0.05, 0) is 26.3 Å². The minimum absolute atomic E-state index is 0.327. The van der Waals surface area contributed by atoms with Gasteiger partial charge >= 0.3 is 5.97 Å². The Balaban J connectivity index is 1.77. The number of aromatic carboxylic acids is 1. The number of carbonyl (C=O) groups is 1. The first-order chi connectivity index (χ1) is 9.56. The molecule has 0 spiro atoms. The number of rotatable bonds is 3. The maximum absolute atomic E-state index is 11.3. The van der Waals surface area contributed by atoms with E-state index in [9.17, 15) is 9.90 Å². The lowest BCUT2D eigenvalue weighted by atomic mass is 10.1. The van der Waals surface area contributed by atoms with Gasteiger partial charge in [0.05, 0.1) is 11.9 Å². The molecule has 20 heavy (non-hydrogen) atoms. The normalized spacial score (nSPS) is 27.7. The summed E-state index contributed by atoms with van der Waals surface area (Å²) in [7, 11) is 1.82. The Morgan fingerprint density at radius 3 is 3.05 bits per heavy atom. The van der Waals surface area contributed by atoms with Crippen LogP contribution in [-0.4, -0.2) is 62.4 Å². The molecule has 3 heterocycles. The second kappa shape index (κ2) is 5.18. The largest absolute Gasteiger partial charge is 0.478 e. The average Bonchev–Trinajstić information content (AvgIpc) is 2.97. The Hall–Kier alpha value is -1.40. The van der Waals surface area contributed by atoms with Gasteiger partial charge in [0.25, 0.3) is 0 Å². The van der Waals surface area contributed by atoms with Crippen LogP contribution in [0.2, 0.25) is 0 Å². The summed E-state index contributed by atoms with van der Waals surface area (Å²) in [4.78, 5) is 16.2. The molecule has 2 unspecified atom stereocenters. The first kappa shape index (κ1) is 13.6. The fourth-order valence-electron chi connectivity index (χ4n) is 3.49. The molecule has 3 rings (SSSR count). The van der Waals surface area contributed by atoms with Crippen molar-refractivity contribution in [3.8, 4) is 0 Å². The standard InChI is InChI=1S/C14H22N4O2/c1-10-7-17-5-3-4-11(17)8-18(10)9-13-12(14(19)20)6-15-16(13)2/h6,10-11H,3-5,7-9H2,1-2H3,(H,19,20). The minimum Gasteiger partial charge on any atom is -0.478 e. The summed E-state index contributed by atoms with van der Waals surface area (Å²) < 4.78 is 1.69. The van der Waals surface area contributed by atoms with Crippen molar-refractivity contribution in [3.63, 3.8) is 0 Å². The Morgan fingerprint density at radius 2 is 2.30 bits per heavy atom. The maximum Gasteiger partial charge on any atom is 0.339 e. The van der Waals surface area contributed by atoms with Gasteiger partial charge in [-0.15, -0.1) is 0 Å². The van der Waals surface area contributed by atoms with Crippen LogP contribution in [0.4, 0.5) is 0 Å². The van der Waals surface area contributed by atoms with Gasteiger partial charge in [-0.25, -0.2) is 4.79 Å². The molecule has 0 amide bonds. The zero-order chi connectivity index (χ0) is 14.3. The lowest BCUT2D eigenvalue weighted by Crippen LogP contribution is -2.54. The molecule has 6 heteroatoms. The monoisotopic (exact) mass is 278 g/mol. The molecule has 1 aromatic rings. The van der Waals surface area contributed by atoms with Gasteiger partial charge in [0.1, 0.15) is 5.56 Å². The van der Waals surface area contributed by atoms with Crippen molar-refractivity contribution in [2.24, 2.45) is 7.05 Å². The number of nitrogens with zero attached hydrogens (tertiary/aromatic N) is 4. The zero-order valence-electron chi connectivity index (χ0n) is 12.1. The van der Waals surface area contributed by atoms with Crippen LogP contribution in [-0.2, 0) is 13.6 Å². The molecule has 0 aliphatic carbocycles. The van der Waals surface area contributed by atoms with E-state index in [1.54, 1.807) is 4.68 Å². The molecule has 1 N–H and O–H groups in total. The Bertz CT molecular complexity index is 513. The fourth-order valence-corrected chi connectivity index (χ4v) is 3.49. The summed E-state index contributed by atoms with van der Waals surface area (Å²) in [6, 6.07) is 1.11. The smallest absolute Gasteiger partial charge is 0.339 e. The maximum atomic E-state index is 11.3. The van der Waals surface area contributed by atoms with Crippen LogP contribution < -0.4 is 0 Å². The van der Waals surface area contributed by atoms with Crippen LogP contribution in [0.25, 0.3) is 0 Å². The number of carboxylic acids is 1. The minimum atomic E-state index is -0.889. The number of aromatic nitrogens is 2. The molecule has 2 aliphatic heterocycles. The van der Waals surface area contributed by atoms with E-state index in [2.05, 4.69) is 21.8 Å². The van der Waals surface area contributed by atoms with E-state index in [0.717, 1.165) is 18.8 Å². The van der Waals surface area contributed by atoms with Crippen molar-refractivity contribution in [1.29, 1.82) is 0 Å². The molecule has 110 valence electrons. The van der Waals surface area contributed by atoms with Crippen molar-refractivity contribution in [2.75, 3.05) is 19.6 Å². The van der Waals surface area contributed by atoms with E-state index in [-0.39, 0.29) is 0 Å². The van der Waals surface area contributed by atoms with E-state index >= 15 is 0 Å². The molecule has 0 radical (unpaired) electrons. The zero-order valence-corrected chi connectivity index (χ0v) is 12.1. The first-order valence-electron chi connectivity index (χ1n) is 7.28. The topological polar surface area (TPSA) is 61.6 Å². The Morgan fingerprint density at radius 1 is 1.50 bits per heavy atom. The second-order valence-corrected chi connectivity index (χ2v) is 6.00. The van der Waals surface area contributed by atoms with Crippen molar-refractivity contribution in [3.05, 3.63) is 17.5 Å². The van der Waals surface area contributed by atoms with E-state index in [1.165, 1.54) is 25.6 Å². The van der Waals surface area contributed by atoms with Crippen LogP contribution in [0.15, 0.2) is 6.20 Å². The van der Waals surface area contributed by atoms with E-state index < -0.39 is 5.97 Å². The van der Waals surface area contributed by atoms with Crippen molar-refractivity contribution in [2.45, 2.75) is 38.4 Å². The number of aryl methyl sites for hydroxylation is 1.